The minimum Gasteiger partial charge on any atom is -0.452 e. The number of anilines is 1. The van der Waals surface area contributed by atoms with Gasteiger partial charge in [-0.25, -0.2) is 18.2 Å². The normalized spacial score (nSPS) is 11.3. The van der Waals surface area contributed by atoms with Crippen LogP contribution in [-0.4, -0.2) is 49.3 Å². The summed E-state index contributed by atoms with van der Waals surface area (Å²) in [4.78, 5) is 28.3. The van der Waals surface area contributed by atoms with E-state index in [-0.39, 0.29) is 15.6 Å². The lowest BCUT2D eigenvalue weighted by atomic mass is 10.1. The van der Waals surface area contributed by atoms with E-state index in [2.05, 4.69) is 10.3 Å². The highest BCUT2D eigenvalue weighted by Gasteiger charge is 2.24. The number of benzene rings is 1. The lowest BCUT2D eigenvalue weighted by Crippen LogP contribution is -2.30. The maximum Gasteiger partial charge on any atom is 0.338 e. The summed E-state index contributed by atoms with van der Waals surface area (Å²) in [5.41, 5.74) is 0.897. The summed E-state index contributed by atoms with van der Waals surface area (Å²) in [6, 6.07) is 7.39. The Morgan fingerprint density at radius 1 is 1.21 bits per heavy atom. The first-order chi connectivity index (χ1) is 13.7. The fourth-order valence-electron chi connectivity index (χ4n) is 2.57. The van der Waals surface area contributed by atoms with E-state index in [1.165, 1.54) is 28.7 Å². The number of rotatable bonds is 8. The van der Waals surface area contributed by atoms with Gasteiger partial charge in [0.2, 0.25) is 10.0 Å². The van der Waals surface area contributed by atoms with Crippen molar-refractivity contribution in [2.75, 3.05) is 25.0 Å². The Kier molecular flexibility index (Phi) is 7.72. The van der Waals surface area contributed by atoms with Crippen molar-refractivity contribution in [2.45, 2.75) is 25.7 Å². The Morgan fingerprint density at radius 3 is 2.52 bits per heavy atom. The van der Waals surface area contributed by atoms with Gasteiger partial charge in [0.15, 0.2) is 11.8 Å². The summed E-state index contributed by atoms with van der Waals surface area (Å²) in [6.07, 6.45) is 1.47. The zero-order chi connectivity index (χ0) is 21.6. The molecule has 8 nitrogen and oxygen atoms in total. The first-order valence-electron chi connectivity index (χ1n) is 8.89. The number of aromatic nitrogens is 1. The zero-order valence-electron chi connectivity index (χ0n) is 16.3. The molecule has 1 aromatic heterocycles. The fraction of sp³-hybridized carbons (Fsp3) is 0.316. The van der Waals surface area contributed by atoms with Crippen molar-refractivity contribution in [2.24, 2.45) is 0 Å². The number of aryl methyl sites for hydroxylation is 1. The number of carbonyl (C=O) groups excluding carboxylic acids is 2. The van der Waals surface area contributed by atoms with Crippen LogP contribution >= 0.6 is 11.6 Å². The van der Waals surface area contributed by atoms with Crippen LogP contribution in [0.3, 0.4) is 0 Å². The van der Waals surface area contributed by atoms with Crippen molar-refractivity contribution in [3.05, 3.63) is 52.8 Å². The molecule has 2 rings (SSSR count). The lowest BCUT2D eigenvalue weighted by molar-refractivity contribution is -0.119. The summed E-state index contributed by atoms with van der Waals surface area (Å²) in [5, 5.41) is 2.59. The van der Waals surface area contributed by atoms with Gasteiger partial charge in [-0.2, -0.15) is 4.31 Å². The van der Waals surface area contributed by atoms with E-state index in [1.807, 2.05) is 0 Å². The monoisotopic (exact) mass is 439 g/mol. The lowest BCUT2D eigenvalue weighted by Gasteiger charge is -2.19. The van der Waals surface area contributed by atoms with Gasteiger partial charge in [0.1, 0.15) is 0 Å². The number of nitrogens with zero attached hydrogens (tertiary/aromatic N) is 2. The van der Waals surface area contributed by atoms with E-state index in [4.69, 9.17) is 16.3 Å². The maximum atomic E-state index is 12.7. The highest BCUT2D eigenvalue weighted by Crippen LogP contribution is 2.21. The molecule has 29 heavy (non-hydrogen) atoms. The molecular formula is C19H22ClN3O5S. The van der Waals surface area contributed by atoms with Gasteiger partial charge in [0, 0.05) is 19.3 Å². The fourth-order valence-corrected chi connectivity index (χ4v) is 4.22. The average molecular weight is 440 g/mol. The van der Waals surface area contributed by atoms with Gasteiger partial charge in [-0.1, -0.05) is 31.5 Å². The summed E-state index contributed by atoms with van der Waals surface area (Å²) in [7, 11) is -3.73. The molecule has 0 saturated carbocycles. The molecular weight excluding hydrogens is 418 g/mol. The Hall–Kier alpha value is -2.49. The number of carbonyl (C=O) groups is 2. The van der Waals surface area contributed by atoms with Crippen molar-refractivity contribution in [1.82, 2.24) is 9.29 Å². The second-order valence-corrected chi connectivity index (χ2v) is 8.33. The molecule has 10 heteroatoms. The van der Waals surface area contributed by atoms with Gasteiger partial charge < -0.3 is 10.1 Å². The Labute approximate surface area is 174 Å². The molecule has 1 N–H and O–H groups in total. The Balaban J connectivity index is 2.13. The molecule has 2 aromatic rings. The van der Waals surface area contributed by atoms with Crippen LogP contribution in [0.4, 0.5) is 5.69 Å². The third-order valence-electron chi connectivity index (χ3n) is 4.14. The van der Waals surface area contributed by atoms with Crippen LogP contribution in [0, 0.1) is 6.92 Å². The molecule has 0 fully saturated rings. The molecule has 0 aliphatic rings. The average Bonchev–Trinajstić information content (AvgIpc) is 2.69. The summed E-state index contributed by atoms with van der Waals surface area (Å²) < 4.78 is 31.7. The molecule has 0 radical (unpaired) electrons. The minimum atomic E-state index is -3.73. The summed E-state index contributed by atoms with van der Waals surface area (Å²) in [5.74, 6) is -1.40. The second kappa shape index (κ2) is 9.82. The number of esters is 1. The van der Waals surface area contributed by atoms with Gasteiger partial charge in [0.25, 0.3) is 5.91 Å². The number of ether oxygens (including phenoxy) is 1. The number of amides is 1. The summed E-state index contributed by atoms with van der Waals surface area (Å²) in [6.45, 7) is 5.18. The first-order valence-corrected chi connectivity index (χ1v) is 10.7. The van der Waals surface area contributed by atoms with E-state index >= 15 is 0 Å². The third-order valence-corrected chi connectivity index (χ3v) is 6.49. The van der Waals surface area contributed by atoms with Gasteiger partial charge >= 0.3 is 5.97 Å². The van der Waals surface area contributed by atoms with Crippen LogP contribution in [-0.2, 0) is 19.6 Å². The topological polar surface area (TPSA) is 106 Å². The number of sulfonamides is 1. The van der Waals surface area contributed by atoms with Crippen LogP contribution in [0.5, 0.6) is 0 Å². The molecule has 0 unspecified atom stereocenters. The van der Waals surface area contributed by atoms with Gasteiger partial charge in [0.05, 0.1) is 16.1 Å². The van der Waals surface area contributed by atoms with E-state index in [9.17, 15) is 18.0 Å². The van der Waals surface area contributed by atoms with Crippen LogP contribution in [0.25, 0.3) is 0 Å². The van der Waals surface area contributed by atoms with Crippen LogP contribution in [0.2, 0.25) is 5.15 Å². The predicted molar refractivity (Wildman–Crippen MR) is 109 cm³/mol. The standard InChI is InChI=1S/C19H22ClN3O5S/c1-4-23(5-2)29(26,27)14-9-8-13(3)15(11-14)19(25)28-12-17(24)22-16-7-6-10-21-18(16)20/h6-11H,4-5,12H2,1-3H3,(H,22,24). The number of halogens is 1. The van der Waals surface area contributed by atoms with E-state index in [1.54, 1.807) is 32.9 Å². The highest BCUT2D eigenvalue weighted by molar-refractivity contribution is 7.89. The summed E-state index contributed by atoms with van der Waals surface area (Å²) >= 11 is 5.86. The molecule has 1 heterocycles. The maximum absolute atomic E-state index is 12.7. The minimum absolute atomic E-state index is 0.00894. The molecule has 0 bridgehead atoms. The van der Waals surface area contributed by atoms with E-state index in [0.717, 1.165) is 0 Å². The first kappa shape index (κ1) is 22.8. The van der Waals surface area contributed by atoms with Crippen LogP contribution in [0.1, 0.15) is 29.8 Å². The second-order valence-electron chi connectivity index (χ2n) is 6.03. The van der Waals surface area contributed by atoms with E-state index < -0.39 is 28.5 Å². The van der Waals surface area contributed by atoms with Gasteiger partial charge in [-0.3, -0.25) is 4.79 Å². The molecule has 156 valence electrons. The molecule has 0 saturated heterocycles. The Morgan fingerprint density at radius 2 is 1.90 bits per heavy atom. The van der Waals surface area contributed by atoms with Crippen molar-refractivity contribution in [1.29, 1.82) is 0 Å². The highest BCUT2D eigenvalue weighted by atomic mass is 35.5. The van der Waals surface area contributed by atoms with Crippen molar-refractivity contribution >= 4 is 39.2 Å². The smallest absolute Gasteiger partial charge is 0.338 e. The quantitative estimate of drug-likeness (QED) is 0.500. The van der Waals surface area contributed by atoms with Crippen molar-refractivity contribution in [3.63, 3.8) is 0 Å². The SMILES string of the molecule is CCN(CC)S(=O)(=O)c1ccc(C)c(C(=O)OCC(=O)Nc2cccnc2Cl)c1. The number of pyridine rings is 1. The van der Waals surface area contributed by atoms with Gasteiger partial charge in [-0.15, -0.1) is 0 Å². The predicted octanol–water partition coefficient (Wildman–Crippen LogP) is 2.87. The molecule has 1 amide bonds. The van der Waals surface area contributed by atoms with Crippen LogP contribution < -0.4 is 5.32 Å². The van der Waals surface area contributed by atoms with Gasteiger partial charge in [-0.05, 0) is 36.8 Å². The number of hydrogen-bond donors (Lipinski definition) is 1. The molecule has 0 aliphatic heterocycles. The van der Waals surface area contributed by atoms with E-state index in [0.29, 0.717) is 24.3 Å². The molecule has 0 atom stereocenters. The van der Waals surface area contributed by atoms with Crippen molar-refractivity contribution < 1.29 is 22.7 Å². The largest absolute Gasteiger partial charge is 0.452 e. The zero-order valence-corrected chi connectivity index (χ0v) is 17.9. The molecule has 0 aliphatic carbocycles. The number of hydrogen-bond acceptors (Lipinski definition) is 6. The molecule has 0 spiro atoms. The van der Waals surface area contributed by atoms with Crippen LogP contribution in [0.15, 0.2) is 41.4 Å². The van der Waals surface area contributed by atoms with Crippen molar-refractivity contribution in [3.8, 4) is 0 Å². The third kappa shape index (κ3) is 5.53. The number of nitrogens with one attached hydrogen (secondary N) is 1. The Bertz CT molecular complexity index is 1010. The molecule has 1 aromatic carbocycles.